The van der Waals surface area contributed by atoms with E-state index in [1.807, 2.05) is 45.8 Å². The van der Waals surface area contributed by atoms with Crippen molar-refractivity contribution >= 4 is 11.6 Å². The first-order valence-electron chi connectivity index (χ1n) is 7.87. The van der Waals surface area contributed by atoms with Gasteiger partial charge in [0, 0.05) is 35.5 Å². The summed E-state index contributed by atoms with van der Waals surface area (Å²) in [5, 5.41) is 0.707. The fraction of sp³-hybridized carbons (Fsp3) is 0.0500. The molecule has 0 saturated heterocycles. The van der Waals surface area contributed by atoms with Crippen LogP contribution >= 0.6 is 11.6 Å². The van der Waals surface area contributed by atoms with Gasteiger partial charge in [0.25, 0.3) is 0 Å². The van der Waals surface area contributed by atoms with Gasteiger partial charge in [-0.25, -0.2) is 9.37 Å². The second-order valence-electron chi connectivity index (χ2n) is 5.79. The Morgan fingerprint density at radius 3 is 2.32 bits per heavy atom. The van der Waals surface area contributed by atoms with Crippen LogP contribution in [0.3, 0.4) is 0 Å². The zero-order valence-electron chi connectivity index (χ0n) is 13.3. The third-order valence-corrected chi connectivity index (χ3v) is 4.42. The highest BCUT2D eigenvalue weighted by atomic mass is 35.5. The molecule has 0 amide bonds. The molecule has 5 heteroatoms. The van der Waals surface area contributed by atoms with Crippen molar-refractivity contribution in [3.05, 3.63) is 108 Å². The Morgan fingerprint density at radius 1 is 0.880 bits per heavy atom. The number of benzene rings is 2. The molecule has 4 rings (SSSR count). The zero-order valence-corrected chi connectivity index (χ0v) is 14.0. The molecule has 4 aromatic rings. The number of aromatic nitrogens is 3. The quantitative estimate of drug-likeness (QED) is 0.501. The lowest BCUT2D eigenvalue weighted by atomic mass is 10.0. The summed E-state index contributed by atoms with van der Waals surface area (Å²) < 4.78 is 17.4. The molecule has 2 aromatic heterocycles. The molecule has 0 saturated carbocycles. The molecule has 0 unspecified atom stereocenters. The smallest absolute Gasteiger partial charge is 0.123 e. The zero-order chi connectivity index (χ0) is 17.2. The second kappa shape index (κ2) is 6.57. The molecule has 0 aliphatic rings. The summed E-state index contributed by atoms with van der Waals surface area (Å²) in [6.07, 6.45) is 9.50. The second-order valence-corrected chi connectivity index (χ2v) is 6.23. The lowest BCUT2D eigenvalue weighted by Gasteiger charge is -2.18. The number of hydrogen-bond acceptors (Lipinski definition) is 1. The number of hydrogen-bond donors (Lipinski definition) is 0. The highest BCUT2D eigenvalue weighted by molar-refractivity contribution is 6.30. The average Bonchev–Trinajstić information content (AvgIpc) is 3.30. The minimum Gasteiger partial charge on any atom is -0.326 e. The van der Waals surface area contributed by atoms with Crippen LogP contribution in [-0.4, -0.2) is 14.1 Å². The normalized spacial score (nSPS) is 12.2. The van der Waals surface area contributed by atoms with E-state index in [2.05, 4.69) is 17.2 Å². The number of halogens is 2. The van der Waals surface area contributed by atoms with Crippen LogP contribution in [-0.2, 0) is 0 Å². The maximum absolute atomic E-state index is 13.3. The highest BCUT2D eigenvalue weighted by Crippen LogP contribution is 2.28. The first-order valence-corrected chi connectivity index (χ1v) is 8.25. The van der Waals surface area contributed by atoms with Crippen LogP contribution in [0.25, 0.3) is 5.69 Å². The van der Waals surface area contributed by atoms with Crippen LogP contribution in [0.15, 0.2) is 85.7 Å². The first-order chi connectivity index (χ1) is 12.2. The maximum Gasteiger partial charge on any atom is 0.123 e. The van der Waals surface area contributed by atoms with E-state index in [1.54, 1.807) is 24.7 Å². The minimum absolute atomic E-state index is 0.0725. The van der Waals surface area contributed by atoms with Gasteiger partial charge in [0.1, 0.15) is 5.82 Å². The van der Waals surface area contributed by atoms with Gasteiger partial charge in [-0.2, -0.15) is 0 Å². The van der Waals surface area contributed by atoms with Crippen molar-refractivity contribution in [3.8, 4) is 5.69 Å². The molecule has 1 atom stereocenters. The van der Waals surface area contributed by atoms with E-state index in [0.717, 1.165) is 16.8 Å². The number of imidazole rings is 1. The fourth-order valence-corrected chi connectivity index (χ4v) is 3.08. The lowest BCUT2D eigenvalue weighted by molar-refractivity contribution is 0.622. The standard InChI is InChI=1S/C20H15ClFN3/c21-17-3-7-19(8-4-17)24-11-9-16(13-24)20(25-12-10-23-14-25)15-1-5-18(22)6-2-15/h1-14,20H/t20-/m0/s1. The third-order valence-electron chi connectivity index (χ3n) is 4.17. The molecule has 0 bridgehead atoms. The van der Waals surface area contributed by atoms with Gasteiger partial charge in [0.05, 0.1) is 12.4 Å². The molecule has 0 N–H and O–H groups in total. The predicted octanol–water partition coefficient (Wildman–Crippen LogP) is 5.10. The SMILES string of the molecule is Fc1ccc([C@@H](c2ccn(-c3ccc(Cl)cc3)c2)n2ccnc2)cc1. The van der Waals surface area contributed by atoms with E-state index < -0.39 is 0 Å². The summed E-state index contributed by atoms with van der Waals surface area (Å²) in [7, 11) is 0. The molecule has 0 aliphatic heterocycles. The lowest BCUT2D eigenvalue weighted by Crippen LogP contribution is -2.10. The van der Waals surface area contributed by atoms with E-state index in [9.17, 15) is 4.39 Å². The predicted molar refractivity (Wildman–Crippen MR) is 96.6 cm³/mol. The summed E-state index contributed by atoms with van der Waals surface area (Å²) in [4.78, 5) is 4.15. The van der Waals surface area contributed by atoms with E-state index in [-0.39, 0.29) is 11.9 Å². The maximum atomic E-state index is 13.3. The Balaban J connectivity index is 1.75. The van der Waals surface area contributed by atoms with E-state index in [1.165, 1.54) is 12.1 Å². The van der Waals surface area contributed by atoms with Crippen LogP contribution in [0.2, 0.25) is 5.02 Å². The molecule has 0 radical (unpaired) electrons. The summed E-state index contributed by atoms with van der Waals surface area (Å²) >= 11 is 5.96. The summed E-state index contributed by atoms with van der Waals surface area (Å²) in [5.74, 6) is -0.244. The molecule has 2 heterocycles. The molecule has 25 heavy (non-hydrogen) atoms. The van der Waals surface area contributed by atoms with E-state index in [0.29, 0.717) is 5.02 Å². The molecule has 3 nitrogen and oxygen atoms in total. The van der Waals surface area contributed by atoms with Crippen molar-refractivity contribution in [1.29, 1.82) is 0 Å². The molecule has 0 aliphatic carbocycles. The monoisotopic (exact) mass is 351 g/mol. The first kappa shape index (κ1) is 15.7. The molecule has 2 aromatic carbocycles. The van der Waals surface area contributed by atoms with Gasteiger partial charge in [-0.15, -0.1) is 0 Å². The van der Waals surface area contributed by atoms with Gasteiger partial charge >= 0.3 is 0 Å². The van der Waals surface area contributed by atoms with Crippen LogP contribution in [0.4, 0.5) is 4.39 Å². The van der Waals surface area contributed by atoms with Crippen molar-refractivity contribution in [3.63, 3.8) is 0 Å². The number of nitrogens with zero attached hydrogens (tertiary/aromatic N) is 3. The Bertz CT molecular complexity index is 957. The Hall–Kier alpha value is -2.85. The molecular weight excluding hydrogens is 337 g/mol. The van der Waals surface area contributed by atoms with Crippen molar-refractivity contribution in [1.82, 2.24) is 14.1 Å². The van der Waals surface area contributed by atoms with E-state index >= 15 is 0 Å². The summed E-state index contributed by atoms with van der Waals surface area (Å²) in [5.41, 5.74) is 3.10. The van der Waals surface area contributed by atoms with Crippen molar-refractivity contribution < 1.29 is 4.39 Å². The minimum atomic E-state index is -0.244. The van der Waals surface area contributed by atoms with E-state index in [4.69, 9.17) is 11.6 Å². The van der Waals surface area contributed by atoms with Gasteiger partial charge in [0.2, 0.25) is 0 Å². The van der Waals surface area contributed by atoms with Gasteiger partial charge < -0.3 is 9.13 Å². The van der Waals surface area contributed by atoms with Gasteiger partial charge in [-0.05, 0) is 53.6 Å². The summed E-state index contributed by atoms with van der Waals surface area (Å²) in [6, 6.07) is 16.2. The van der Waals surface area contributed by atoms with Gasteiger partial charge in [-0.1, -0.05) is 23.7 Å². The third kappa shape index (κ3) is 3.21. The van der Waals surface area contributed by atoms with Gasteiger partial charge in [0.15, 0.2) is 0 Å². The van der Waals surface area contributed by atoms with Crippen LogP contribution < -0.4 is 0 Å². The largest absolute Gasteiger partial charge is 0.326 e. The van der Waals surface area contributed by atoms with Crippen molar-refractivity contribution in [2.75, 3.05) is 0 Å². The Kier molecular flexibility index (Phi) is 4.12. The van der Waals surface area contributed by atoms with Crippen molar-refractivity contribution in [2.45, 2.75) is 6.04 Å². The fourth-order valence-electron chi connectivity index (χ4n) is 2.95. The van der Waals surface area contributed by atoms with Crippen LogP contribution in [0.1, 0.15) is 17.2 Å². The number of rotatable bonds is 4. The topological polar surface area (TPSA) is 22.8 Å². The van der Waals surface area contributed by atoms with Crippen molar-refractivity contribution in [2.24, 2.45) is 0 Å². The van der Waals surface area contributed by atoms with Gasteiger partial charge in [-0.3, -0.25) is 0 Å². The molecule has 0 spiro atoms. The highest BCUT2D eigenvalue weighted by Gasteiger charge is 2.17. The Morgan fingerprint density at radius 2 is 1.64 bits per heavy atom. The van der Waals surface area contributed by atoms with Crippen LogP contribution in [0.5, 0.6) is 0 Å². The van der Waals surface area contributed by atoms with Crippen LogP contribution in [0, 0.1) is 5.82 Å². The average molecular weight is 352 g/mol. The molecule has 124 valence electrons. The summed E-state index contributed by atoms with van der Waals surface area (Å²) in [6.45, 7) is 0. The molecular formula is C20H15ClFN3. The molecule has 0 fully saturated rings. The Labute approximate surface area is 149 Å².